The van der Waals surface area contributed by atoms with Crippen molar-refractivity contribution in [2.45, 2.75) is 45.8 Å². The van der Waals surface area contributed by atoms with E-state index in [-0.39, 0.29) is 6.04 Å². The molecule has 2 nitrogen and oxygen atoms in total. The van der Waals surface area contributed by atoms with Crippen LogP contribution in [-0.2, 0) is 13.0 Å². The highest BCUT2D eigenvalue weighted by molar-refractivity contribution is 5.39. The van der Waals surface area contributed by atoms with Crippen LogP contribution in [-0.4, -0.2) is 0 Å². The maximum atomic E-state index is 6.22. The van der Waals surface area contributed by atoms with E-state index in [0.717, 1.165) is 18.6 Å². The fourth-order valence-corrected chi connectivity index (χ4v) is 3.14. The van der Waals surface area contributed by atoms with Gasteiger partial charge in [0.1, 0.15) is 12.4 Å². The van der Waals surface area contributed by atoms with Gasteiger partial charge in [0.15, 0.2) is 0 Å². The Bertz CT molecular complexity index is 628. The van der Waals surface area contributed by atoms with Crippen LogP contribution >= 0.6 is 0 Å². The summed E-state index contributed by atoms with van der Waals surface area (Å²) in [4.78, 5) is 0. The molecule has 2 aromatic carbocycles. The van der Waals surface area contributed by atoms with Crippen molar-refractivity contribution in [3.63, 3.8) is 0 Å². The maximum Gasteiger partial charge on any atom is 0.120 e. The molecule has 2 heteroatoms. The first-order valence-electron chi connectivity index (χ1n) is 7.71. The zero-order chi connectivity index (χ0) is 14.8. The molecule has 0 radical (unpaired) electrons. The van der Waals surface area contributed by atoms with Gasteiger partial charge in [0.05, 0.1) is 0 Å². The van der Waals surface area contributed by atoms with E-state index in [2.05, 4.69) is 50.2 Å². The summed E-state index contributed by atoms with van der Waals surface area (Å²) in [5.41, 5.74) is 12.7. The van der Waals surface area contributed by atoms with Gasteiger partial charge >= 0.3 is 0 Å². The third-order valence-corrected chi connectivity index (χ3v) is 4.51. The summed E-state index contributed by atoms with van der Waals surface area (Å²) in [5, 5.41) is 0. The smallest absolute Gasteiger partial charge is 0.120 e. The molecule has 0 aromatic heterocycles. The van der Waals surface area contributed by atoms with Crippen LogP contribution in [0.15, 0.2) is 36.4 Å². The van der Waals surface area contributed by atoms with E-state index in [1.165, 1.54) is 34.2 Å². The molecular formula is C19H23NO. The third-order valence-electron chi connectivity index (χ3n) is 4.51. The number of hydrogen-bond donors (Lipinski definition) is 1. The first kappa shape index (κ1) is 14.2. The lowest BCUT2D eigenvalue weighted by atomic mass is 9.88. The van der Waals surface area contributed by atoms with Gasteiger partial charge in [0.2, 0.25) is 0 Å². The van der Waals surface area contributed by atoms with E-state index in [4.69, 9.17) is 10.5 Å². The van der Waals surface area contributed by atoms with Gasteiger partial charge < -0.3 is 10.5 Å². The lowest BCUT2D eigenvalue weighted by Gasteiger charge is -2.23. The second kappa shape index (κ2) is 5.90. The molecule has 2 N–H and O–H groups in total. The highest BCUT2D eigenvalue weighted by Gasteiger charge is 2.17. The van der Waals surface area contributed by atoms with Crippen molar-refractivity contribution in [2.24, 2.45) is 5.73 Å². The Labute approximate surface area is 126 Å². The van der Waals surface area contributed by atoms with Crippen LogP contribution in [0.4, 0.5) is 0 Å². The molecule has 110 valence electrons. The van der Waals surface area contributed by atoms with E-state index in [9.17, 15) is 0 Å². The molecule has 0 spiro atoms. The van der Waals surface area contributed by atoms with Gasteiger partial charge in [0.25, 0.3) is 0 Å². The highest BCUT2D eigenvalue weighted by atomic mass is 16.5. The van der Waals surface area contributed by atoms with E-state index in [0.29, 0.717) is 6.61 Å². The molecule has 1 aliphatic rings. The molecule has 0 fully saturated rings. The van der Waals surface area contributed by atoms with Gasteiger partial charge in [-0.25, -0.2) is 0 Å². The van der Waals surface area contributed by atoms with E-state index < -0.39 is 0 Å². The lowest BCUT2D eigenvalue weighted by molar-refractivity contribution is 0.303. The minimum atomic E-state index is 0.164. The molecule has 1 unspecified atom stereocenters. The van der Waals surface area contributed by atoms with Crippen LogP contribution in [0.5, 0.6) is 5.75 Å². The summed E-state index contributed by atoms with van der Waals surface area (Å²) in [6.07, 6.45) is 3.41. The number of nitrogens with two attached hydrogens (primary N) is 1. The second-order valence-electron chi connectivity index (χ2n) is 6.02. The molecule has 0 bridgehead atoms. The average Bonchev–Trinajstić information content (AvgIpc) is 2.47. The van der Waals surface area contributed by atoms with Crippen LogP contribution < -0.4 is 10.5 Å². The normalized spacial score (nSPS) is 17.4. The van der Waals surface area contributed by atoms with Crippen molar-refractivity contribution in [2.75, 3.05) is 0 Å². The summed E-state index contributed by atoms with van der Waals surface area (Å²) in [7, 11) is 0. The minimum absolute atomic E-state index is 0.164. The van der Waals surface area contributed by atoms with Crippen LogP contribution in [0.2, 0.25) is 0 Å². The van der Waals surface area contributed by atoms with Crippen molar-refractivity contribution < 1.29 is 4.74 Å². The summed E-state index contributed by atoms with van der Waals surface area (Å²) >= 11 is 0. The Morgan fingerprint density at radius 2 is 1.90 bits per heavy atom. The summed E-state index contributed by atoms with van der Waals surface area (Å²) in [6, 6.07) is 12.9. The summed E-state index contributed by atoms with van der Waals surface area (Å²) in [5.74, 6) is 0.925. The van der Waals surface area contributed by atoms with Crippen molar-refractivity contribution in [3.8, 4) is 5.75 Å². The van der Waals surface area contributed by atoms with E-state index >= 15 is 0 Å². The number of aryl methyl sites for hydroxylation is 3. The number of benzene rings is 2. The molecule has 2 aromatic rings. The fraction of sp³-hybridized carbons (Fsp3) is 0.368. The molecule has 0 saturated heterocycles. The number of ether oxygens (including phenoxy) is 1. The number of fused-ring (bicyclic) bond motifs is 1. The Morgan fingerprint density at radius 1 is 1.14 bits per heavy atom. The van der Waals surface area contributed by atoms with Gasteiger partial charge in [-0.1, -0.05) is 24.3 Å². The quantitative estimate of drug-likeness (QED) is 0.914. The van der Waals surface area contributed by atoms with Gasteiger partial charge in [-0.15, -0.1) is 0 Å². The first-order chi connectivity index (χ1) is 10.1. The van der Waals surface area contributed by atoms with Gasteiger partial charge in [-0.05, 0) is 73.1 Å². The molecule has 0 heterocycles. The van der Waals surface area contributed by atoms with E-state index in [1.54, 1.807) is 0 Å². The van der Waals surface area contributed by atoms with Crippen LogP contribution in [0.3, 0.4) is 0 Å². The van der Waals surface area contributed by atoms with E-state index in [1.807, 2.05) is 0 Å². The fourth-order valence-electron chi connectivity index (χ4n) is 3.14. The molecule has 1 aliphatic carbocycles. The zero-order valence-electron chi connectivity index (χ0n) is 12.9. The topological polar surface area (TPSA) is 35.2 Å². The lowest BCUT2D eigenvalue weighted by Crippen LogP contribution is -2.17. The SMILES string of the molecule is Cc1cccc(C)c1COc1ccc2c(c1)C(N)CCC2. The summed E-state index contributed by atoms with van der Waals surface area (Å²) in [6.45, 7) is 4.88. The molecule has 3 rings (SSSR count). The Balaban J connectivity index is 1.78. The zero-order valence-corrected chi connectivity index (χ0v) is 12.9. The van der Waals surface area contributed by atoms with Crippen molar-refractivity contribution in [1.82, 2.24) is 0 Å². The van der Waals surface area contributed by atoms with Gasteiger partial charge in [0, 0.05) is 6.04 Å². The monoisotopic (exact) mass is 281 g/mol. The van der Waals surface area contributed by atoms with Gasteiger partial charge in [-0.2, -0.15) is 0 Å². The third kappa shape index (κ3) is 2.96. The number of hydrogen-bond acceptors (Lipinski definition) is 2. The molecule has 21 heavy (non-hydrogen) atoms. The molecule has 0 amide bonds. The molecule has 0 aliphatic heterocycles. The van der Waals surface area contributed by atoms with Crippen molar-refractivity contribution in [1.29, 1.82) is 0 Å². The first-order valence-corrected chi connectivity index (χ1v) is 7.71. The average molecular weight is 281 g/mol. The van der Waals surface area contributed by atoms with Crippen LogP contribution in [0, 0.1) is 13.8 Å². The highest BCUT2D eigenvalue weighted by Crippen LogP contribution is 2.31. The maximum absolute atomic E-state index is 6.22. The standard InChI is InChI=1S/C19H23NO/c1-13-5-3-6-14(2)18(13)12-21-16-10-9-15-7-4-8-19(20)17(15)11-16/h3,5-6,9-11,19H,4,7-8,12,20H2,1-2H3. The predicted molar refractivity (Wildman–Crippen MR) is 86.6 cm³/mol. The van der Waals surface area contributed by atoms with Crippen LogP contribution in [0.1, 0.15) is 46.7 Å². The Hall–Kier alpha value is -1.80. The Morgan fingerprint density at radius 3 is 2.67 bits per heavy atom. The predicted octanol–water partition coefficient (Wildman–Crippen LogP) is 4.22. The van der Waals surface area contributed by atoms with Crippen LogP contribution in [0.25, 0.3) is 0 Å². The molecule has 1 atom stereocenters. The van der Waals surface area contributed by atoms with Crippen molar-refractivity contribution in [3.05, 3.63) is 64.2 Å². The summed E-state index contributed by atoms with van der Waals surface area (Å²) < 4.78 is 6.01. The minimum Gasteiger partial charge on any atom is -0.489 e. The molecular weight excluding hydrogens is 258 g/mol. The Kier molecular flexibility index (Phi) is 3.98. The number of rotatable bonds is 3. The second-order valence-corrected chi connectivity index (χ2v) is 6.02. The largest absolute Gasteiger partial charge is 0.489 e. The molecule has 0 saturated carbocycles. The van der Waals surface area contributed by atoms with Crippen molar-refractivity contribution >= 4 is 0 Å². The van der Waals surface area contributed by atoms with Gasteiger partial charge in [-0.3, -0.25) is 0 Å².